The van der Waals surface area contributed by atoms with Gasteiger partial charge in [-0.2, -0.15) is 4.31 Å². The van der Waals surface area contributed by atoms with E-state index < -0.39 is 10.0 Å². The molecule has 3 aromatic rings. The Bertz CT molecular complexity index is 880. The van der Waals surface area contributed by atoms with Gasteiger partial charge >= 0.3 is 0 Å². The first-order chi connectivity index (χ1) is 12.0. The number of aryl methyl sites for hydroxylation is 2. The molecule has 25 heavy (non-hydrogen) atoms. The van der Waals surface area contributed by atoms with Crippen molar-refractivity contribution < 1.29 is 12.9 Å². The van der Waals surface area contributed by atoms with Crippen LogP contribution in [-0.2, 0) is 23.1 Å². The van der Waals surface area contributed by atoms with Crippen LogP contribution in [0.2, 0.25) is 0 Å². The highest BCUT2D eigenvalue weighted by molar-refractivity contribution is 7.89. The second-order valence-electron chi connectivity index (χ2n) is 5.57. The molecular weight excluding hydrogens is 340 g/mol. The molecule has 8 heteroatoms. The molecule has 0 aliphatic heterocycles. The van der Waals surface area contributed by atoms with Crippen molar-refractivity contribution in [1.82, 2.24) is 19.4 Å². The lowest BCUT2D eigenvalue weighted by atomic mass is 10.3. The van der Waals surface area contributed by atoms with E-state index in [1.165, 1.54) is 4.31 Å². The second-order valence-corrected chi connectivity index (χ2v) is 7.44. The second kappa shape index (κ2) is 7.12. The highest BCUT2D eigenvalue weighted by Gasteiger charge is 2.31. The summed E-state index contributed by atoms with van der Waals surface area (Å²) in [6, 6.07) is 10.8. The van der Waals surface area contributed by atoms with Gasteiger partial charge in [-0.15, -0.1) is 0 Å². The fraction of sp³-hybridized carbons (Fsp3) is 0.235. The summed E-state index contributed by atoms with van der Waals surface area (Å²) in [5.74, 6) is 0.268. The van der Waals surface area contributed by atoms with Gasteiger partial charge in [0.05, 0.1) is 24.5 Å². The largest absolute Gasteiger partial charge is 0.360 e. The highest BCUT2D eigenvalue weighted by Crippen LogP contribution is 2.25. The van der Waals surface area contributed by atoms with Crippen molar-refractivity contribution in [2.45, 2.75) is 31.8 Å². The number of hydrogen-bond acceptors (Lipinski definition) is 6. The van der Waals surface area contributed by atoms with Gasteiger partial charge in [-0.05, 0) is 38.1 Å². The van der Waals surface area contributed by atoms with E-state index in [9.17, 15) is 8.42 Å². The van der Waals surface area contributed by atoms with E-state index in [2.05, 4.69) is 15.1 Å². The van der Waals surface area contributed by atoms with Crippen molar-refractivity contribution in [1.29, 1.82) is 0 Å². The number of sulfonamides is 1. The van der Waals surface area contributed by atoms with E-state index in [0.717, 1.165) is 0 Å². The van der Waals surface area contributed by atoms with Gasteiger partial charge in [0, 0.05) is 12.4 Å². The molecule has 0 aliphatic rings. The van der Waals surface area contributed by atoms with E-state index >= 15 is 0 Å². The Morgan fingerprint density at radius 2 is 1.52 bits per heavy atom. The van der Waals surface area contributed by atoms with Gasteiger partial charge < -0.3 is 4.52 Å². The van der Waals surface area contributed by atoms with Crippen LogP contribution in [0.25, 0.3) is 0 Å². The molecule has 0 fully saturated rings. The Morgan fingerprint density at radius 3 is 1.92 bits per heavy atom. The third-order valence-corrected chi connectivity index (χ3v) is 5.73. The summed E-state index contributed by atoms with van der Waals surface area (Å²) < 4.78 is 32.8. The predicted molar refractivity (Wildman–Crippen MR) is 90.9 cm³/mol. The van der Waals surface area contributed by atoms with Gasteiger partial charge in [0.25, 0.3) is 0 Å². The van der Waals surface area contributed by atoms with Crippen LogP contribution in [0.3, 0.4) is 0 Å². The summed E-state index contributed by atoms with van der Waals surface area (Å²) in [4.78, 5) is 8.57. The van der Waals surface area contributed by atoms with Crippen LogP contribution in [0.4, 0.5) is 0 Å². The number of nitrogens with zero attached hydrogens (tertiary/aromatic N) is 4. The molecule has 7 nitrogen and oxygen atoms in total. The maximum absolute atomic E-state index is 13.2. The fourth-order valence-corrected chi connectivity index (χ4v) is 4.22. The zero-order valence-electron chi connectivity index (χ0n) is 14.0. The summed E-state index contributed by atoms with van der Waals surface area (Å²) >= 11 is 0. The molecule has 0 aromatic carbocycles. The van der Waals surface area contributed by atoms with Crippen molar-refractivity contribution >= 4 is 10.0 Å². The van der Waals surface area contributed by atoms with E-state index in [-0.39, 0.29) is 23.7 Å². The lowest BCUT2D eigenvalue weighted by Crippen LogP contribution is -2.31. The normalized spacial score (nSPS) is 11.8. The molecule has 0 N–H and O–H groups in total. The maximum atomic E-state index is 13.2. The van der Waals surface area contributed by atoms with E-state index in [4.69, 9.17) is 4.52 Å². The molecular formula is C17H18N4O3S. The predicted octanol–water partition coefficient (Wildman–Crippen LogP) is 2.47. The third-order valence-electron chi connectivity index (χ3n) is 3.69. The van der Waals surface area contributed by atoms with Crippen molar-refractivity contribution in [3.63, 3.8) is 0 Å². The van der Waals surface area contributed by atoms with Gasteiger partial charge in [-0.3, -0.25) is 9.97 Å². The quantitative estimate of drug-likeness (QED) is 0.672. The van der Waals surface area contributed by atoms with Crippen molar-refractivity contribution in [3.05, 3.63) is 71.6 Å². The van der Waals surface area contributed by atoms with Crippen LogP contribution in [0.5, 0.6) is 0 Å². The molecule has 0 aliphatic carbocycles. The molecule has 0 saturated heterocycles. The zero-order chi connectivity index (χ0) is 17.9. The standard InChI is InChI=1S/C17H18N4O3S/c1-13-17(14(2)24-20-13)25(22,23)21(11-15-7-3-5-9-18-15)12-16-8-4-6-10-19-16/h3-10H,11-12H2,1-2H3. The molecule has 0 saturated carbocycles. The molecule has 0 unspecified atom stereocenters. The first-order valence-corrected chi connectivity index (χ1v) is 9.15. The molecule has 0 amide bonds. The van der Waals surface area contributed by atoms with Crippen LogP contribution >= 0.6 is 0 Å². The van der Waals surface area contributed by atoms with Crippen molar-refractivity contribution in [2.24, 2.45) is 0 Å². The number of pyridine rings is 2. The summed E-state index contributed by atoms with van der Waals surface area (Å²) in [6.07, 6.45) is 3.27. The first-order valence-electron chi connectivity index (χ1n) is 7.71. The summed E-state index contributed by atoms with van der Waals surface area (Å²) in [5.41, 5.74) is 1.63. The van der Waals surface area contributed by atoms with Gasteiger partial charge in [-0.25, -0.2) is 8.42 Å². The molecule has 0 atom stereocenters. The van der Waals surface area contributed by atoms with Crippen molar-refractivity contribution in [3.8, 4) is 0 Å². The van der Waals surface area contributed by atoms with Crippen LogP contribution in [0.1, 0.15) is 22.8 Å². The molecule has 0 bridgehead atoms. The summed E-state index contributed by atoms with van der Waals surface area (Å²) in [7, 11) is -3.82. The molecule has 3 heterocycles. The number of rotatable bonds is 6. The van der Waals surface area contributed by atoms with Gasteiger partial charge in [0.1, 0.15) is 10.6 Å². The molecule has 130 valence electrons. The Kier molecular flexibility index (Phi) is 4.91. The highest BCUT2D eigenvalue weighted by atomic mass is 32.2. The topological polar surface area (TPSA) is 89.2 Å². The maximum Gasteiger partial charge on any atom is 0.249 e. The van der Waals surface area contributed by atoms with Crippen LogP contribution in [-0.4, -0.2) is 27.8 Å². The minimum Gasteiger partial charge on any atom is -0.360 e. The monoisotopic (exact) mass is 358 g/mol. The minimum atomic E-state index is -3.82. The van der Waals surface area contributed by atoms with Crippen molar-refractivity contribution in [2.75, 3.05) is 0 Å². The van der Waals surface area contributed by atoms with E-state index in [0.29, 0.717) is 17.1 Å². The lowest BCUT2D eigenvalue weighted by Gasteiger charge is -2.21. The van der Waals surface area contributed by atoms with Crippen LogP contribution in [0.15, 0.2) is 58.2 Å². The third kappa shape index (κ3) is 3.75. The molecule has 0 radical (unpaired) electrons. The summed E-state index contributed by atoms with van der Waals surface area (Å²) in [6.45, 7) is 3.46. The van der Waals surface area contributed by atoms with Gasteiger partial charge in [0.15, 0.2) is 5.76 Å². The fourth-order valence-electron chi connectivity index (χ4n) is 2.54. The Labute approximate surface area is 146 Å². The Balaban J connectivity index is 2.01. The number of hydrogen-bond donors (Lipinski definition) is 0. The Hall–Kier alpha value is -2.58. The van der Waals surface area contributed by atoms with E-state index in [1.54, 1.807) is 50.5 Å². The zero-order valence-corrected chi connectivity index (χ0v) is 14.8. The van der Waals surface area contributed by atoms with E-state index in [1.807, 2.05) is 12.1 Å². The molecule has 0 spiro atoms. The smallest absolute Gasteiger partial charge is 0.249 e. The summed E-state index contributed by atoms with van der Waals surface area (Å²) in [5, 5.41) is 3.77. The van der Waals surface area contributed by atoms with Gasteiger partial charge in [-0.1, -0.05) is 17.3 Å². The SMILES string of the molecule is Cc1noc(C)c1S(=O)(=O)N(Cc1ccccn1)Cc1ccccn1. The lowest BCUT2D eigenvalue weighted by molar-refractivity contribution is 0.382. The number of aromatic nitrogens is 3. The first kappa shape index (κ1) is 17.2. The molecule has 3 aromatic heterocycles. The van der Waals surface area contributed by atoms with Gasteiger partial charge in [0.2, 0.25) is 10.0 Å². The minimum absolute atomic E-state index is 0.0966. The van der Waals surface area contributed by atoms with Crippen LogP contribution in [0, 0.1) is 13.8 Å². The average molecular weight is 358 g/mol. The van der Waals surface area contributed by atoms with Crippen LogP contribution < -0.4 is 0 Å². The Morgan fingerprint density at radius 1 is 0.960 bits per heavy atom. The molecule has 3 rings (SSSR count). The average Bonchev–Trinajstić information content (AvgIpc) is 2.95.